The standard InChI is InChI=1S/C16H27O6P/c1-8-20-23(17,21-9-2)22-15-13(18-6)10-12(16(3,4)5)11-14(15)19-7/h10-11H,8-9H2,1-7H3. The molecule has 0 unspecified atom stereocenters. The van der Waals surface area contributed by atoms with Crippen molar-refractivity contribution in [3.63, 3.8) is 0 Å². The fourth-order valence-electron chi connectivity index (χ4n) is 1.92. The third-order valence-electron chi connectivity index (χ3n) is 3.10. The molecule has 1 aromatic carbocycles. The lowest BCUT2D eigenvalue weighted by molar-refractivity contribution is 0.164. The van der Waals surface area contributed by atoms with Crippen LogP contribution in [0.15, 0.2) is 12.1 Å². The van der Waals surface area contributed by atoms with Gasteiger partial charge in [-0.25, -0.2) is 4.57 Å². The highest BCUT2D eigenvalue weighted by Gasteiger charge is 2.32. The van der Waals surface area contributed by atoms with Crippen molar-refractivity contribution in [2.75, 3.05) is 27.4 Å². The van der Waals surface area contributed by atoms with E-state index in [0.717, 1.165) is 5.56 Å². The summed E-state index contributed by atoms with van der Waals surface area (Å²) in [7, 11) is -0.709. The lowest BCUT2D eigenvalue weighted by atomic mass is 9.86. The molecule has 7 heteroatoms. The smallest absolute Gasteiger partial charge is 0.493 e. The summed E-state index contributed by atoms with van der Waals surface area (Å²) in [6.07, 6.45) is 0. The van der Waals surface area contributed by atoms with Crippen LogP contribution < -0.4 is 14.0 Å². The Kier molecular flexibility index (Phi) is 6.93. The van der Waals surface area contributed by atoms with E-state index in [1.54, 1.807) is 13.8 Å². The van der Waals surface area contributed by atoms with Crippen molar-refractivity contribution in [1.29, 1.82) is 0 Å². The van der Waals surface area contributed by atoms with Gasteiger partial charge in [-0.15, -0.1) is 0 Å². The van der Waals surface area contributed by atoms with Crippen LogP contribution >= 0.6 is 7.82 Å². The highest BCUT2D eigenvalue weighted by atomic mass is 31.2. The van der Waals surface area contributed by atoms with Gasteiger partial charge in [-0.3, -0.25) is 9.05 Å². The minimum atomic E-state index is -3.74. The summed E-state index contributed by atoms with van der Waals surface area (Å²) in [6, 6.07) is 3.67. The molecule has 0 spiro atoms. The number of benzene rings is 1. The molecule has 1 aromatic rings. The van der Waals surface area contributed by atoms with Crippen LogP contribution in [-0.2, 0) is 19.0 Å². The maximum atomic E-state index is 12.6. The van der Waals surface area contributed by atoms with Gasteiger partial charge in [-0.05, 0) is 37.0 Å². The Hall–Kier alpha value is -1.23. The van der Waals surface area contributed by atoms with Gasteiger partial charge in [0.2, 0.25) is 5.75 Å². The lowest BCUT2D eigenvalue weighted by Crippen LogP contribution is -2.12. The van der Waals surface area contributed by atoms with Crippen molar-refractivity contribution < 1.29 is 27.6 Å². The van der Waals surface area contributed by atoms with E-state index < -0.39 is 7.82 Å². The second kappa shape index (κ2) is 8.04. The number of hydrogen-bond donors (Lipinski definition) is 0. The third-order valence-corrected chi connectivity index (χ3v) is 4.66. The van der Waals surface area contributed by atoms with E-state index in [2.05, 4.69) is 20.8 Å². The van der Waals surface area contributed by atoms with Crippen molar-refractivity contribution >= 4 is 7.82 Å². The van der Waals surface area contributed by atoms with Crippen molar-refractivity contribution in [3.05, 3.63) is 17.7 Å². The van der Waals surface area contributed by atoms with Gasteiger partial charge in [0, 0.05) is 0 Å². The topological polar surface area (TPSA) is 63.2 Å². The van der Waals surface area contributed by atoms with E-state index in [1.165, 1.54) is 14.2 Å². The van der Waals surface area contributed by atoms with Crippen LogP contribution in [0.2, 0.25) is 0 Å². The fourth-order valence-corrected chi connectivity index (χ4v) is 3.14. The predicted molar refractivity (Wildman–Crippen MR) is 89.7 cm³/mol. The van der Waals surface area contributed by atoms with Crippen LogP contribution in [0.3, 0.4) is 0 Å². The Morgan fingerprint density at radius 3 is 1.70 bits per heavy atom. The Morgan fingerprint density at radius 2 is 1.39 bits per heavy atom. The minimum absolute atomic E-state index is 0.109. The molecule has 0 N–H and O–H groups in total. The molecule has 0 bridgehead atoms. The predicted octanol–water partition coefficient (Wildman–Crippen LogP) is 4.56. The summed E-state index contributed by atoms with van der Waals surface area (Å²) in [5.41, 5.74) is 0.893. The maximum Gasteiger partial charge on any atom is 0.530 e. The first-order valence-corrected chi connectivity index (χ1v) is 9.02. The molecule has 0 saturated heterocycles. The van der Waals surface area contributed by atoms with Crippen molar-refractivity contribution in [2.45, 2.75) is 40.0 Å². The summed E-state index contributed by atoms with van der Waals surface area (Å²) in [5, 5.41) is 0. The highest BCUT2D eigenvalue weighted by molar-refractivity contribution is 7.48. The van der Waals surface area contributed by atoms with Crippen molar-refractivity contribution in [2.24, 2.45) is 0 Å². The minimum Gasteiger partial charge on any atom is -0.493 e. The Balaban J connectivity index is 3.36. The molecule has 0 aliphatic rings. The van der Waals surface area contributed by atoms with E-state index in [-0.39, 0.29) is 24.4 Å². The highest BCUT2D eigenvalue weighted by Crippen LogP contribution is 2.54. The second-order valence-electron chi connectivity index (χ2n) is 5.83. The molecule has 132 valence electrons. The first-order chi connectivity index (χ1) is 10.7. The number of phosphoric acid groups is 1. The number of ether oxygens (including phenoxy) is 2. The monoisotopic (exact) mass is 346 g/mol. The normalized spacial score (nSPS) is 12.1. The van der Waals surface area contributed by atoms with Gasteiger partial charge < -0.3 is 14.0 Å². The van der Waals surface area contributed by atoms with Crippen LogP contribution in [0.5, 0.6) is 17.2 Å². The number of methoxy groups -OCH3 is 2. The molecule has 0 fully saturated rings. The summed E-state index contributed by atoms with van der Waals surface area (Å²) in [6.45, 7) is 10.1. The second-order valence-corrected chi connectivity index (χ2v) is 7.43. The molecule has 0 amide bonds. The molecule has 0 aliphatic carbocycles. The molecular weight excluding hydrogens is 319 g/mol. The molecule has 6 nitrogen and oxygen atoms in total. The molecule has 0 aromatic heterocycles. The van der Waals surface area contributed by atoms with Gasteiger partial charge in [0.05, 0.1) is 27.4 Å². The molecule has 0 saturated carbocycles. The Bertz CT molecular complexity index is 529. The van der Waals surface area contributed by atoms with Crippen LogP contribution in [0.4, 0.5) is 0 Å². The zero-order valence-electron chi connectivity index (χ0n) is 15.0. The van der Waals surface area contributed by atoms with Crippen molar-refractivity contribution in [3.8, 4) is 17.2 Å². The largest absolute Gasteiger partial charge is 0.530 e. The van der Waals surface area contributed by atoms with Gasteiger partial charge in [0.15, 0.2) is 11.5 Å². The van der Waals surface area contributed by atoms with Crippen LogP contribution in [0.1, 0.15) is 40.2 Å². The molecule has 0 aliphatic heterocycles. The Labute approximate surface area is 138 Å². The molecule has 0 heterocycles. The number of rotatable bonds is 8. The van der Waals surface area contributed by atoms with Gasteiger partial charge >= 0.3 is 7.82 Å². The fraction of sp³-hybridized carbons (Fsp3) is 0.625. The van der Waals surface area contributed by atoms with Gasteiger partial charge in [0.1, 0.15) is 0 Å². The first kappa shape index (κ1) is 19.8. The van der Waals surface area contributed by atoms with Crippen LogP contribution in [0.25, 0.3) is 0 Å². The maximum absolute atomic E-state index is 12.6. The molecule has 23 heavy (non-hydrogen) atoms. The third kappa shape index (κ3) is 5.13. The van der Waals surface area contributed by atoms with E-state index >= 15 is 0 Å². The van der Waals surface area contributed by atoms with E-state index in [9.17, 15) is 4.57 Å². The summed E-state index contributed by atoms with van der Waals surface area (Å²) in [4.78, 5) is 0. The van der Waals surface area contributed by atoms with E-state index in [0.29, 0.717) is 11.5 Å². The SMILES string of the molecule is CCOP(=O)(OCC)Oc1c(OC)cc(C(C)(C)C)cc1OC. The average molecular weight is 346 g/mol. The van der Waals surface area contributed by atoms with Gasteiger partial charge in [0.25, 0.3) is 0 Å². The summed E-state index contributed by atoms with van der Waals surface area (Å²) < 4.78 is 39.3. The van der Waals surface area contributed by atoms with Crippen molar-refractivity contribution in [1.82, 2.24) is 0 Å². The number of hydrogen-bond acceptors (Lipinski definition) is 6. The van der Waals surface area contributed by atoms with Gasteiger partial charge in [-0.1, -0.05) is 20.8 Å². The lowest BCUT2D eigenvalue weighted by Gasteiger charge is -2.24. The summed E-state index contributed by atoms with van der Waals surface area (Å²) in [5.74, 6) is 1.02. The molecule has 1 rings (SSSR count). The molecule has 0 atom stereocenters. The molecule has 0 radical (unpaired) electrons. The van der Waals surface area contributed by atoms with Crippen LogP contribution in [-0.4, -0.2) is 27.4 Å². The van der Waals surface area contributed by atoms with E-state index in [4.69, 9.17) is 23.0 Å². The average Bonchev–Trinajstić information content (AvgIpc) is 2.46. The first-order valence-electron chi connectivity index (χ1n) is 7.56. The number of phosphoric ester groups is 1. The quantitative estimate of drug-likeness (QED) is 0.643. The van der Waals surface area contributed by atoms with Crippen LogP contribution in [0, 0.1) is 0 Å². The van der Waals surface area contributed by atoms with Gasteiger partial charge in [-0.2, -0.15) is 0 Å². The molecular formula is C16H27O6P. The summed E-state index contributed by atoms with van der Waals surface area (Å²) >= 11 is 0. The zero-order chi connectivity index (χ0) is 17.7. The van der Waals surface area contributed by atoms with E-state index in [1.807, 2.05) is 12.1 Å². The zero-order valence-corrected chi connectivity index (χ0v) is 15.9. The Morgan fingerprint density at radius 1 is 0.957 bits per heavy atom.